The quantitative estimate of drug-likeness (QED) is 0.407. The van der Waals surface area contributed by atoms with Crippen LogP contribution in [0.1, 0.15) is 36.6 Å². The molecule has 36 heavy (non-hydrogen) atoms. The Labute approximate surface area is 206 Å². The van der Waals surface area contributed by atoms with Crippen LogP contribution in [-0.4, -0.2) is 45.8 Å². The van der Waals surface area contributed by atoms with E-state index in [1.165, 1.54) is 0 Å². The lowest BCUT2D eigenvalue weighted by Gasteiger charge is -2.22. The fraction of sp³-hybridized carbons (Fsp3) is 0.318. The fourth-order valence-corrected chi connectivity index (χ4v) is 4.37. The zero-order valence-electron chi connectivity index (χ0n) is 18.8. The number of alkyl halides is 3. The molecule has 190 valence electrons. The predicted octanol–water partition coefficient (Wildman–Crippen LogP) is 4.74. The molecule has 0 unspecified atom stereocenters. The first kappa shape index (κ1) is 25.4. The van der Waals surface area contributed by atoms with Gasteiger partial charge in [-0.15, -0.1) is 23.4 Å². The highest BCUT2D eigenvalue weighted by Gasteiger charge is 2.32. The molecule has 0 fully saturated rings. The Morgan fingerprint density at radius 2 is 2.00 bits per heavy atom. The molecule has 9 nitrogen and oxygen atoms in total. The molecule has 0 saturated heterocycles. The van der Waals surface area contributed by atoms with E-state index < -0.39 is 35.5 Å². The van der Waals surface area contributed by atoms with Gasteiger partial charge in [0.25, 0.3) is 5.91 Å². The molecule has 0 radical (unpaired) electrons. The minimum absolute atomic E-state index is 0.0964. The number of halogens is 4. The van der Waals surface area contributed by atoms with E-state index in [9.17, 15) is 22.4 Å². The van der Waals surface area contributed by atoms with Gasteiger partial charge < -0.3 is 14.8 Å². The van der Waals surface area contributed by atoms with E-state index in [1.807, 2.05) is 12.1 Å². The van der Waals surface area contributed by atoms with Gasteiger partial charge in [0.2, 0.25) is 10.3 Å². The number of carbonyl (C=O) groups is 1. The number of benzene rings is 1. The van der Waals surface area contributed by atoms with E-state index in [-0.39, 0.29) is 11.2 Å². The van der Waals surface area contributed by atoms with E-state index in [4.69, 9.17) is 4.74 Å². The molecule has 1 aliphatic carbocycles. The third kappa shape index (κ3) is 6.51. The second-order valence-electron chi connectivity index (χ2n) is 7.70. The molecule has 4 rings (SSSR count). The topological polar surface area (TPSA) is 111 Å². The number of methoxy groups -OCH3 is 1. The number of nitrogens with zero attached hydrogens (tertiary/aromatic N) is 4. The minimum atomic E-state index is -4.97. The molecular formula is C22H20F4N6O3S. The van der Waals surface area contributed by atoms with Crippen LogP contribution in [0, 0.1) is 5.82 Å². The van der Waals surface area contributed by atoms with Crippen molar-refractivity contribution in [1.82, 2.24) is 20.4 Å². The van der Waals surface area contributed by atoms with Crippen LogP contribution in [0.3, 0.4) is 0 Å². The molecule has 1 aliphatic rings. The zero-order chi connectivity index (χ0) is 25.7. The summed E-state index contributed by atoms with van der Waals surface area (Å²) in [4.78, 5) is 12.7. The number of allylic oxidation sites excluding steroid dienone is 1. The normalized spacial score (nSPS) is 16.7. The van der Waals surface area contributed by atoms with Crippen LogP contribution in [0.25, 0.3) is 5.57 Å². The summed E-state index contributed by atoms with van der Waals surface area (Å²) in [6.07, 6.45) is -0.459. The maximum atomic E-state index is 14.3. The molecule has 2 N–H and O–H groups in total. The van der Waals surface area contributed by atoms with Gasteiger partial charge in [-0.3, -0.25) is 10.1 Å². The number of ether oxygens (including phenoxy) is 2. The van der Waals surface area contributed by atoms with Gasteiger partial charge in [0, 0.05) is 24.9 Å². The molecule has 0 aliphatic heterocycles. The molecule has 0 bridgehead atoms. The highest BCUT2D eigenvalue weighted by Crippen LogP contribution is 2.31. The first-order chi connectivity index (χ1) is 17.2. The Morgan fingerprint density at radius 3 is 2.67 bits per heavy atom. The van der Waals surface area contributed by atoms with Crippen LogP contribution >= 0.6 is 11.3 Å². The molecule has 2 aromatic heterocycles. The van der Waals surface area contributed by atoms with Crippen molar-refractivity contribution in [3.63, 3.8) is 0 Å². The summed E-state index contributed by atoms with van der Waals surface area (Å²) < 4.78 is 60.7. The Hall–Kier alpha value is -3.65. The second-order valence-corrected chi connectivity index (χ2v) is 8.68. The highest BCUT2D eigenvalue weighted by atomic mass is 32.1. The summed E-state index contributed by atoms with van der Waals surface area (Å²) in [7, 11) is 1.12. The third-order valence-corrected chi connectivity index (χ3v) is 6.02. The summed E-state index contributed by atoms with van der Waals surface area (Å²) in [6, 6.07) is 6.16. The molecule has 3 aromatic rings. The van der Waals surface area contributed by atoms with Crippen LogP contribution in [0.2, 0.25) is 0 Å². The van der Waals surface area contributed by atoms with Gasteiger partial charge in [0.1, 0.15) is 11.6 Å². The fourth-order valence-electron chi connectivity index (χ4n) is 3.64. The van der Waals surface area contributed by atoms with Gasteiger partial charge >= 0.3 is 6.36 Å². The third-order valence-electron chi connectivity index (χ3n) is 5.25. The first-order valence-corrected chi connectivity index (χ1v) is 11.5. The van der Waals surface area contributed by atoms with Crippen molar-refractivity contribution in [2.75, 3.05) is 17.7 Å². The van der Waals surface area contributed by atoms with Crippen LogP contribution in [0.4, 0.5) is 27.8 Å². The van der Waals surface area contributed by atoms with E-state index in [0.29, 0.717) is 5.13 Å². The smallest absolute Gasteiger partial charge is 0.406 e. The Kier molecular flexibility index (Phi) is 7.74. The number of amides is 1. The van der Waals surface area contributed by atoms with E-state index >= 15 is 0 Å². The first-order valence-electron chi connectivity index (χ1n) is 10.7. The van der Waals surface area contributed by atoms with Gasteiger partial charge in [-0.1, -0.05) is 17.4 Å². The van der Waals surface area contributed by atoms with E-state index in [0.717, 1.165) is 67.2 Å². The summed E-state index contributed by atoms with van der Waals surface area (Å²) in [5, 5.41) is 22.2. The molecule has 0 spiro atoms. The van der Waals surface area contributed by atoms with Crippen molar-refractivity contribution >= 4 is 33.1 Å². The Bertz CT molecular complexity index is 1240. The van der Waals surface area contributed by atoms with Crippen molar-refractivity contribution in [3.8, 4) is 5.75 Å². The summed E-state index contributed by atoms with van der Waals surface area (Å²) in [6.45, 7) is 0. The Morgan fingerprint density at radius 1 is 1.19 bits per heavy atom. The van der Waals surface area contributed by atoms with Crippen LogP contribution in [-0.2, 0) is 9.53 Å². The number of hydrogen-bond donors (Lipinski definition) is 2. The van der Waals surface area contributed by atoms with Gasteiger partial charge in [0.15, 0.2) is 6.10 Å². The summed E-state index contributed by atoms with van der Waals surface area (Å²) in [5.74, 6) is -2.45. The SMILES string of the molecule is CO[C@@H](C(=O)Nc1nnc(N[C@H]2CC=C(c3cccnn3)CC2)s1)c1cc(OC(F)(F)F)ccc1F. The van der Waals surface area contributed by atoms with Crippen molar-refractivity contribution in [1.29, 1.82) is 0 Å². The maximum absolute atomic E-state index is 14.3. The molecular weight excluding hydrogens is 504 g/mol. The van der Waals surface area contributed by atoms with Crippen LogP contribution in [0.5, 0.6) is 5.75 Å². The molecule has 2 heterocycles. The molecule has 1 aromatic carbocycles. The van der Waals surface area contributed by atoms with Crippen molar-refractivity contribution in [2.45, 2.75) is 37.8 Å². The van der Waals surface area contributed by atoms with Crippen molar-refractivity contribution in [2.24, 2.45) is 0 Å². The number of nitrogens with one attached hydrogen (secondary N) is 2. The maximum Gasteiger partial charge on any atom is 0.573 e. The van der Waals surface area contributed by atoms with Gasteiger partial charge in [0.05, 0.1) is 5.69 Å². The number of rotatable bonds is 8. The van der Waals surface area contributed by atoms with Gasteiger partial charge in [-0.25, -0.2) is 4.39 Å². The number of anilines is 2. The average molecular weight is 525 g/mol. The summed E-state index contributed by atoms with van der Waals surface area (Å²) in [5.41, 5.74) is 1.54. The van der Waals surface area contributed by atoms with E-state index in [2.05, 4.69) is 41.8 Å². The zero-order valence-corrected chi connectivity index (χ0v) is 19.6. The highest BCUT2D eigenvalue weighted by molar-refractivity contribution is 7.19. The van der Waals surface area contributed by atoms with Gasteiger partial charge in [-0.05, 0) is 55.2 Å². The lowest BCUT2D eigenvalue weighted by molar-refractivity contribution is -0.274. The predicted molar refractivity (Wildman–Crippen MR) is 123 cm³/mol. The molecule has 0 saturated carbocycles. The van der Waals surface area contributed by atoms with Gasteiger partial charge in [-0.2, -0.15) is 10.2 Å². The lowest BCUT2D eigenvalue weighted by atomic mass is 9.93. The van der Waals surface area contributed by atoms with E-state index in [1.54, 1.807) is 6.20 Å². The number of carbonyl (C=O) groups excluding carboxylic acids is 1. The minimum Gasteiger partial charge on any atom is -0.406 e. The monoisotopic (exact) mass is 524 g/mol. The molecule has 2 atom stereocenters. The largest absolute Gasteiger partial charge is 0.573 e. The van der Waals surface area contributed by atoms with Crippen molar-refractivity contribution in [3.05, 3.63) is 59.7 Å². The average Bonchev–Trinajstić information content (AvgIpc) is 3.28. The summed E-state index contributed by atoms with van der Waals surface area (Å²) >= 11 is 1.06. The van der Waals surface area contributed by atoms with Crippen molar-refractivity contribution < 1.29 is 31.8 Å². The Balaban J connectivity index is 1.38. The molecule has 1 amide bonds. The van der Waals surface area contributed by atoms with Crippen LogP contribution < -0.4 is 15.4 Å². The molecule has 14 heteroatoms. The second kappa shape index (κ2) is 11.0. The lowest BCUT2D eigenvalue weighted by Crippen LogP contribution is -2.24. The number of aromatic nitrogens is 4. The standard InChI is InChI=1S/C22H20F4N6O3S/c1-34-18(15-11-14(8-9-16(15)23)35-22(24,25)26)19(33)29-21-32-31-20(36-21)28-13-6-4-12(5-7-13)17-3-2-10-27-30-17/h2-4,8-11,13,18H,5-7H2,1H3,(H,28,31)(H,29,32,33)/t13-,18+/m0/s1. The number of hydrogen-bond acceptors (Lipinski definition) is 9. The van der Waals surface area contributed by atoms with Crippen LogP contribution in [0.15, 0.2) is 42.6 Å².